The summed E-state index contributed by atoms with van der Waals surface area (Å²) in [6, 6.07) is 6.36. The van der Waals surface area contributed by atoms with Crippen molar-refractivity contribution >= 4 is 5.91 Å². The smallest absolute Gasteiger partial charge is 0.234 e. The topological polar surface area (TPSA) is 41.6 Å². The Hall–Kier alpha value is -1.46. The summed E-state index contributed by atoms with van der Waals surface area (Å²) >= 11 is 0. The number of likely N-dealkylation sites (N-methyl/N-ethyl adjacent to an activating group) is 1. The molecule has 1 aromatic rings. The van der Waals surface area contributed by atoms with Crippen molar-refractivity contribution < 1.29 is 13.9 Å². The van der Waals surface area contributed by atoms with Crippen molar-refractivity contribution in [2.75, 3.05) is 33.9 Å². The largest absolute Gasteiger partial charge is 0.384 e. The zero-order valence-electron chi connectivity index (χ0n) is 13.4. The van der Waals surface area contributed by atoms with Gasteiger partial charge in [-0.3, -0.25) is 9.69 Å². The molecule has 122 valence electrons. The average molecular weight is 308 g/mol. The van der Waals surface area contributed by atoms with Gasteiger partial charge in [0.05, 0.1) is 13.2 Å². The van der Waals surface area contributed by atoms with Gasteiger partial charge in [0, 0.05) is 25.6 Å². The number of nitrogens with one attached hydrogen (secondary N) is 1. The second kappa shape index (κ2) is 7.70. The van der Waals surface area contributed by atoms with E-state index in [1.807, 2.05) is 11.9 Å². The molecule has 1 saturated carbocycles. The Morgan fingerprint density at radius 2 is 2.05 bits per heavy atom. The molecule has 1 aliphatic carbocycles. The van der Waals surface area contributed by atoms with Crippen molar-refractivity contribution in [1.82, 2.24) is 10.2 Å². The number of carbonyl (C=O) groups excluding carboxylic acids is 1. The summed E-state index contributed by atoms with van der Waals surface area (Å²) < 4.78 is 18.1. The number of methoxy groups -OCH3 is 1. The van der Waals surface area contributed by atoms with Crippen molar-refractivity contribution in [3.8, 4) is 0 Å². The minimum Gasteiger partial charge on any atom is -0.384 e. The highest BCUT2D eigenvalue weighted by molar-refractivity contribution is 5.78. The molecule has 0 unspecified atom stereocenters. The number of ether oxygens (including phenoxy) is 1. The summed E-state index contributed by atoms with van der Waals surface area (Å²) in [6.07, 6.45) is 3.45. The number of nitrogens with zero attached hydrogens (tertiary/aromatic N) is 1. The lowest BCUT2D eigenvalue weighted by Crippen LogP contribution is -2.47. The van der Waals surface area contributed by atoms with E-state index < -0.39 is 0 Å². The lowest BCUT2D eigenvalue weighted by molar-refractivity contribution is -0.123. The molecular formula is C17H25FN2O2. The van der Waals surface area contributed by atoms with Crippen LogP contribution in [0, 0.1) is 11.2 Å². The summed E-state index contributed by atoms with van der Waals surface area (Å²) in [5.74, 6) is -0.222. The lowest BCUT2D eigenvalue weighted by atomic mass is 9.69. The van der Waals surface area contributed by atoms with Crippen molar-refractivity contribution in [2.45, 2.75) is 25.8 Å². The molecule has 4 nitrogen and oxygen atoms in total. The maximum absolute atomic E-state index is 12.9. The zero-order valence-corrected chi connectivity index (χ0v) is 13.4. The van der Waals surface area contributed by atoms with Crippen LogP contribution in [0.3, 0.4) is 0 Å². The SMILES string of the molecule is COCC1(CNC(=O)CN(C)Cc2ccc(F)cc2)CCC1. The molecule has 0 spiro atoms. The van der Waals surface area contributed by atoms with E-state index in [0.29, 0.717) is 26.2 Å². The van der Waals surface area contributed by atoms with Crippen molar-refractivity contribution in [3.05, 3.63) is 35.6 Å². The average Bonchev–Trinajstić information content (AvgIpc) is 2.44. The molecule has 1 aromatic carbocycles. The first kappa shape index (κ1) is 16.9. The van der Waals surface area contributed by atoms with Crippen LogP contribution in [0.4, 0.5) is 4.39 Å². The first-order valence-corrected chi connectivity index (χ1v) is 7.72. The zero-order chi connectivity index (χ0) is 16.0. The number of amides is 1. The Balaban J connectivity index is 1.73. The second-order valence-corrected chi connectivity index (χ2v) is 6.36. The summed E-state index contributed by atoms with van der Waals surface area (Å²) in [4.78, 5) is 14.0. The van der Waals surface area contributed by atoms with Crippen LogP contribution in [0.25, 0.3) is 0 Å². The van der Waals surface area contributed by atoms with Gasteiger partial charge in [0.25, 0.3) is 0 Å². The third kappa shape index (κ3) is 4.78. The molecular weight excluding hydrogens is 283 g/mol. The van der Waals surface area contributed by atoms with Crippen molar-refractivity contribution in [1.29, 1.82) is 0 Å². The van der Waals surface area contributed by atoms with E-state index >= 15 is 0 Å². The highest BCUT2D eigenvalue weighted by Crippen LogP contribution is 2.40. The van der Waals surface area contributed by atoms with Gasteiger partial charge in [-0.1, -0.05) is 18.6 Å². The van der Waals surface area contributed by atoms with Crippen LogP contribution in [-0.4, -0.2) is 44.7 Å². The van der Waals surface area contributed by atoms with E-state index in [1.165, 1.54) is 18.6 Å². The van der Waals surface area contributed by atoms with Crippen molar-refractivity contribution in [3.63, 3.8) is 0 Å². The van der Waals surface area contributed by atoms with Crippen LogP contribution in [0.2, 0.25) is 0 Å². The van der Waals surface area contributed by atoms with E-state index in [1.54, 1.807) is 19.2 Å². The number of hydrogen-bond donors (Lipinski definition) is 1. The van der Waals surface area contributed by atoms with Gasteiger partial charge in [-0.2, -0.15) is 0 Å². The number of carbonyl (C=O) groups is 1. The molecule has 0 aromatic heterocycles. The molecule has 2 rings (SSSR count). The molecule has 1 aliphatic rings. The predicted octanol–water partition coefficient (Wildman–Crippen LogP) is 2.19. The maximum atomic E-state index is 12.9. The third-order valence-corrected chi connectivity index (χ3v) is 4.30. The molecule has 22 heavy (non-hydrogen) atoms. The highest BCUT2D eigenvalue weighted by atomic mass is 19.1. The Morgan fingerprint density at radius 1 is 1.36 bits per heavy atom. The lowest BCUT2D eigenvalue weighted by Gasteiger charge is -2.41. The van der Waals surface area contributed by atoms with Crippen LogP contribution < -0.4 is 5.32 Å². The van der Waals surface area contributed by atoms with Crippen LogP contribution >= 0.6 is 0 Å². The second-order valence-electron chi connectivity index (χ2n) is 6.36. The van der Waals surface area contributed by atoms with Crippen LogP contribution in [0.5, 0.6) is 0 Å². The van der Waals surface area contributed by atoms with Gasteiger partial charge in [-0.15, -0.1) is 0 Å². The van der Waals surface area contributed by atoms with Gasteiger partial charge in [0.15, 0.2) is 0 Å². The summed E-state index contributed by atoms with van der Waals surface area (Å²) in [7, 11) is 3.59. The summed E-state index contributed by atoms with van der Waals surface area (Å²) in [5.41, 5.74) is 1.13. The quantitative estimate of drug-likeness (QED) is 0.800. The van der Waals surface area contributed by atoms with E-state index in [9.17, 15) is 9.18 Å². The standard InChI is InChI=1S/C17H25FN2O2/c1-20(10-14-4-6-15(18)7-5-14)11-16(21)19-12-17(13-22-2)8-3-9-17/h4-7H,3,8-13H2,1-2H3,(H,19,21). The molecule has 0 bridgehead atoms. The molecule has 0 atom stereocenters. The maximum Gasteiger partial charge on any atom is 0.234 e. The summed E-state index contributed by atoms with van der Waals surface area (Å²) in [5, 5.41) is 3.02. The predicted molar refractivity (Wildman–Crippen MR) is 83.9 cm³/mol. The van der Waals surface area contributed by atoms with Crippen LogP contribution in [0.1, 0.15) is 24.8 Å². The number of halogens is 1. The monoisotopic (exact) mass is 308 g/mol. The Labute approximate surface area is 131 Å². The number of benzene rings is 1. The molecule has 1 amide bonds. The van der Waals surface area contributed by atoms with E-state index in [0.717, 1.165) is 18.4 Å². The van der Waals surface area contributed by atoms with E-state index in [2.05, 4.69) is 5.32 Å². The number of hydrogen-bond acceptors (Lipinski definition) is 3. The number of rotatable bonds is 8. The van der Waals surface area contributed by atoms with Gasteiger partial charge in [-0.25, -0.2) is 4.39 Å². The fourth-order valence-corrected chi connectivity index (χ4v) is 2.90. The first-order chi connectivity index (χ1) is 10.5. The van der Waals surface area contributed by atoms with E-state index in [4.69, 9.17) is 4.74 Å². The third-order valence-electron chi connectivity index (χ3n) is 4.30. The van der Waals surface area contributed by atoms with Gasteiger partial charge >= 0.3 is 0 Å². The van der Waals surface area contributed by atoms with Crippen LogP contribution in [-0.2, 0) is 16.1 Å². The molecule has 0 radical (unpaired) electrons. The van der Waals surface area contributed by atoms with Gasteiger partial charge in [-0.05, 0) is 37.6 Å². The van der Waals surface area contributed by atoms with Crippen LogP contribution in [0.15, 0.2) is 24.3 Å². The molecule has 0 aliphatic heterocycles. The van der Waals surface area contributed by atoms with Gasteiger partial charge in [0.2, 0.25) is 5.91 Å². The van der Waals surface area contributed by atoms with Gasteiger partial charge in [0.1, 0.15) is 5.82 Å². The molecule has 0 saturated heterocycles. The molecule has 0 heterocycles. The Morgan fingerprint density at radius 3 is 2.59 bits per heavy atom. The Kier molecular flexibility index (Phi) is 5.91. The minimum atomic E-state index is -0.243. The molecule has 1 fully saturated rings. The summed E-state index contributed by atoms with van der Waals surface area (Å²) in [6.45, 7) is 2.35. The van der Waals surface area contributed by atoms with Gasteiger partial charge < -0.3 is 10.1 Å². The highest BCUT2D eigenvalue weighted by Gasteiger charge is 2.37. The Bertz CT molecular complexity index is 486. The fourth-order valence-electron chi connectivity index (χ4n) is 2.90. The normalized spacial score (nSPS) is 16.4. The fraction of sp³-hybridized carbons (Fsp3) is 0.588. The molecule has 1 N–H and O–H groups in total. The first-order valence-electron chi connectivity index (χ1n) is 7.72. The minimum absolute atomic E-state index is 0.0204. The van der Waals surface area contributed by atoms with Crippen molar-refractivity contribution in [2.24, 2.45) is 5.41 Å². The van der Waals surface area contributed by atoms with E-state index in [-0.39, 0.29) is 17.1 Å². The molecule has 5 heteroatoms.